The highest BCUT2D eigenvalue weighted by atomic mass is 19.1. The van der Waals surface area contributed by atoms with Crippen LogP contribution in [0, 0.1) is 11.6 Å². The van der Waals surface area contributed by atoms with Crippen LogP contribution < -0.4 is 10.2 Å². The molecule has 0 bridgehead atoms. The van der Waals surface area contributed by atoms with Gasteiger partial charge in [-0.15, -0.1) is 0 Å². The van der Waals surface area contributed by atoms with Crippen molar-refractivity contribution in [2.24, 2.45) is 0 Å². The zero-order chi connectivity index (χ0) is 22.4. The van der Waals surface area contributed by atoms with E-state index in [9.17, 15) is 23.8 Å². The average Bonchev–Trinajstić information content (AvgIpc) is 3.45. The van der Waals surface area contributed by atoms with Gasteiger partial charge in [0.05, 0.1) is 36.0 Å². The van der Waals surface area contributed by atoms with Crippen molar-refractivity contribution in [3.05, 3.63) is 66.0 Å². The number of nitrogens with zero attached hydrogens (tertiary/aromatic N) is 3. The summed E-state index contributed by atoms with van der Waals surface area (Å²) in [6, 6.07) is 8.27. The number of pyridine rings is 1. The molecule has 31 heavy (non-hydrogen) atoms. The van der Waals surface area contributed by atoms with E-state index in [0.717, 1.165) is 43.0 Å². The summed E-state index contributed by atoms with van der Waals surface area (Å²) in [5, 5.41) is 25.5. The van der Waals surface area contributed by atoms with Crippen LogP contribution in [-0.2, 0) is 0 Å². The van der Waals surface area contributed by atoms with E-state index < -0.39 is 17.2 Å². The molecule has 3 aromatic rings. The number of aromatic nitrogens is 2. The number of fused-ring (bicyclic) bond motifs is 1. The van der Waals surface area contributed by atoms with Crippen molar-refractivity contribution in [2.75, 3.05) is 31.2 Å². The Bertz CT molecular complexity index is 992. The molecule has 0 aliphatic carbocycles. The van der Waals surface area contributed by atoms with Crippen LogP contribution in [0.5, 0.6) is 0 Å². The van der Waals surface area contributed by atoms with E-state index >= 15 is 0 Å². The van der Waals surface area contributed by atoms with Gasteiger partial charge in [-0.05, 0) is 56.2 Å². The van der Waals surface area contributed by atoms with E-state index in [0.29, 0.717) is 11.1 Å². The number of anilines is 1. The van der Waals surface area contributed by atoms with E-state index in [1.807, 2.05) is 18.3 Å². The molecule has 7 nitrogen and oxygen atoms in total. The fourth-order valence-corrected chi connectivity index (χ4v) is 3.22. The van der Waals surface area contributed by atoms with Crippen molar-refractivity contribution in [3.63, 3.8) is 0 Å². The molecule has 0 unspecified atom stereocenters. The molecule has 1 amide bonds. The van der Waals surface area contributed by atoms with Crippen LogP contribution in [-0.4, -0.2) is 57.6 Å². The maximum Gasteiger partial charge on any atom is 0.255 e. The zero-order valence-corrected chi connectivity index (χ0v) is 17.3. The lowest BCUT2D eigenvalue weighted by atomic mass is 10.0. The largest absolute Gasteiger partial charge is 0.394 e. The summed E-state index contributed by atoms with van der Waals surface area (Å²) in [6.45, 7) is 2.96. The first-order valence-electron chi connectivity index (χ1n) is 10.0. The first-order valence-corrected chi connectivity index (χ1v) is 10.0. The SMILES string of the molecule is CC(CO)(CO)NC(=O)c1cnn2ccc(N3CCCC3)cc12.Fc1ccc(F)cc1. The third-order valence-electron chi connectivity index (χ3n) is 5.14. The van der Waals surface area contributed by atoms with Crippen molar-refractivity contribution in [2.45, 2.75) is 25.3 Å². The topological polar surface area (TPSA) is 90.1 Å². The number of hydrogen-bond acceptors (Lipinski definition) is 5. The van der Waals surface area contributed by atoms with Crippen LogP contribution in [0.2, 0.25) is 0 Å². The third kappa shape index (κ3) is 5.56. The molecule has 2 aromatic heterocycles. The molecule has 3 N–H and O–H groups in total. The Balaban J connectivity index is 0.000000287. The van der Waals surface area contributed by atoms with Crippen molar-refractivity contribution in [1.29, 1.82) is 0 Å². The predicted octanol–water partition coefficient (Wildman–Crippen LogP) is 2.37. The molecule has 1 aliphatic heterocycles. The van der Waals surface area contributed by atoms with Gasteiger partial charge in [-0.3, -0.25) is 4.79 Å². The lowest BCUT2D eigenvalue weighted by Gasteiger charge is -2.25. The lowest BCUT2D eigenvalue weighted by Crippen LogP contribution is -2.51. The minimum Gasteiger partial charge on any atom is -0.394 e. The quantitative estimate of drug-likeness (QED) is 0.576. The fourth-order valence-electron chi connectivity index (χ4n) is 3.22. The number of halogens is 2. The second-order valence-corrected chi connectivity index (χ2v) is 7.73. The molecule has 1 aromatic carbocycles. The Morgan fingerprint density at radius 2 is 1.68 bits per heavy atom. The van der Waals surface area contributed by atoms with E-state index in [-0.39, 0.29) is 19.1 Å². The third-order valence-corrected chi connectivity index (χ3v) is 5.14. The van der Waals surface area contributed by atoms with Crippen LogP contribution in [0.1, 0.15) is 30.1 Å². The van der Waals surface area contributed by atoms with Gasteiger partial charge < -0.3 is 20.4 Å². The zero-order valence-electron chi connectivity index (χ0n) is 17.3. The Labute approximate surface area is 178 Å². The number of benzene rings is 1. The number of carbonyl (C=O) groups is 1. The summed E-state index contributed by atoms with van der Waals surface area (Å²) in [5.74, 6) is -1.18. The number of aliphatic hydroxyl groups excluding tert-OH is 2. The molecular formula is C22H26F2N4O3. The van der Waals surface area contributed by atoms with Gasteiger partial charge in [0.2, 0.25) is 0 Å². The molecule has 3 heterocycles. The van der Waals surface area contributed by atoms with Gasteiger partial charge in [0, 0.05) is 25.0 Å². The Kier molecular flexibility index (Phi) is 7.19. The van der Waals surface area contributed by atoms with Crippen molar-refractivity contribution >= 4 is 17.1 Å². The summed E-state index contributed by atoms with van der Waals surface area (Å²) in [7, 11) is 0. The molecule has 1 fully saturated rings. The van der Waals surface area contributed by atoms with E-state index in [4.69, 9.17) is 0 Å². The summed E-state index contributed by atoms with van der Waals surface area (Å²) < 4.78 is 25.5. The summed E-state index contributed by atoms with van der Waals surface area (Å²) in [5.41, 5.74) is 1.17. The number of aliphatic hydroxyl groups is 2. The monoisotopic (exact) mass is 432 g/mol. The minimum atomic E-state index is -1.06. The predicted molar refractivity (Wildman–Crippen MR) is 113 cm³/mol. The second kappa shape index (κ2) is 9.84. The van der Waals surface area contributed by atoms with Gasteiger partial charge in [-0.25, -0.2) is 13.3 Å². The van der Waals surface area contributed by atoms with Gasteiger partial charge in [0.15, 0.2) is 0 Å². The van der Waals surface area contributed by atoms with Crippen molar-refractivity contribution < 1.29 is 23.8 Å². The molecular weight excluding hydrogens is 406 g/mol. The Morgan fingerprint density at radius 1 is 1.10 bits per heavy atom. The summed E-state index contributed by atoms with van der Waals surface area (Å²) in [6.07, 6.45) is 5.72. The van der Waals surface area contributed by atoms with Crippen LogP contribution in [0.25, 0.3) is 5.52 Å². The van der Waals surface area contributed by atoms with Crippen LogP contribution in [0.15, 0.2) is 48.8 Å². The molecule has 0 atom stereocenters. The maximum atomic E-state index is 12.5. The Hall–Kier alpha value is -3.04. The molecule has 1 saturated heterocycles. The van der Waals surface area contributed by atoms with E-state index in [1.165, 1.54) is 19.0 Å². The molecule has 9 heteroatoms. The number of hydrogen-bond donors (Lipinski definition) is 3. The van der Waals surface area contributed by atoms with Crippen molar-refractivity contribution in [1.82, 2.24) is 14.9 Å². The second-order valence-electron chi connectivity index (χ2n) is 7.73. The van der Waals surface area contributed by atoms with Gasteiger partial charge in [-0.1, -0.05) is 0 Å². The summed E-state index contributed by atoms with van der Waals surface area (Å²) >= 11 is 0. The number of amides is 1. The highest BCUT2D eigenvalue weighted by molar-refractivity contribution is 6.01. The van der Waals surface area contributed by atoms with Crippen LogP contribution >= 0.6 is 0 Å². The number of nitrogens with one attached hydrogen (secondary N) is 1. The van der Waals surface area contributed by atoms with Gasteiger partial charge in [0.1, 0.15) is 11.6 Å². The number of carbonyl (C=O) groups excluding carboxylic acids is 1. The smallest absolute Gasteiger partial charge is 0.255 e. The van der Waals surface area contributed by atoms with Crippen molar-refractivity contribution in [3.8, 4) is 0 Å². The maximum absolute atomic E-state index is 12.5. The lowest BCUT2D eigenvalue weighted by molar-refractivity contribution is 0.0725. The summed E-state index contributed by atoms with van der Waals surface area (Å²) in [4.78, 5) is 14.8. The molecule has 1 aliphatic rings. The van der Waals surface area contributed by atoms with Crippen LogP contribution in [0.3, 0.4) is 0 Å². The normalized spacial score (nSPS) is 13.8. The van der Waals surface area contributed by atoms with Gasteiger partial charge >= 0.3 is 0 Å². The minimum absolute atomic E-state index is 0.340. The fraction of sp³-hybridized carbons (Fsp3) is 0.364. The highest BCUT2D eigenvalue weighted by Gasteiger charge is 2.26. The highest BCUT2D eigenvalue weighted by Crippen LogP contribution is 2.23. The van der Waals surface area contributed by atoms with Gasteiger partial charge in [0.25, 0.3) is 5.91 Å². The average molecular weight is 432 g/mol. The molecule has 0 spiro atoms. The first kappa shape index (κ1) is 22.6. The Morgan fingerprint density at radius 3 is 2.23 bits per heavy atom. The van der Waals surface area contributed by atoms with E-state index in [1.54, 1.807) is 11.4 Å². The van der Waals surface area contributed by atoms with E-state index in [2.05, 4.69) is 15.3 Å². The van der Waals surface area contributed by atoms with Crippen LogP contribution in [0.4, 0.5) is 14.5 Å². The molecule has 0 radical (unpaired) electrons. The molecule has 4 rings (SSSR count). The first-order chi connectivity index (χ1) is 14.8. The molecule has 0 saturated carbocycles. The molecule has 166 valence electrons. The number of rotatable bonds is 5. The van der Waals surface area contributed by atoms with Gasteiger partial charge in [-0.2, -0.15) is 5.10 Å². The standard InChI is InChI=1S/C16H22N4O3.C6H4F2/c1-16(10-21,11-22)18-15(23)13-9-17-20-7-4-12(8-14(13)20)19-5-2-3-6-19;7-5-1-2-6(8)4-3-5/h4,7-9,21-22H,2-3,5-6,10-11H2,1H3,(H,18,23);1-4H.